The summed E-state index contributed by atoms with van der Waals surface area (Å²) in [6, 6.07) is 8.80. The molecular weight excluding hydrogens is 294 g/mol. The summed E-state index contributed by atoms with van der Waals surface area (Å²) in [5.41, 5.74) is 1.71. The monoisotopic (exact) mass is 307 g/mol. The molecule has 0 bridgehead atoms. The predicted octanol–water partition coefficient (Wildman–Crippen LogP) is 3.56. The Bertz CT molecular complexity index is 637. The van der Waals surface area contributed by atoms with E-state index in [-0.39, 0.29) is 11.5 Å². The van der Waals surface area contributed by atoms with E-state index in [1.54, 1.807) is 23.2 Å². The Morgan fingerprint density at radius 2 is 2.15 bits per heavy atom. The van der Waals surface area contributed by atoms with Gasteiger partial charge in [-0.1, -0.05) is 12.1 Å². The first-order valence-corrected chi connectivity index (χ1v) is 8.09. The quantitative estimate of drug-likeness (QED) is 0.886. The largest absolute Gasteiger partial charge is 0.478 e. The molecule has 1 amide bonds. The number of amides is 1. The highest BCUT2D eigenvalue weighted by Crippen LogP contribution is 2.24. The number of hydrogen-bond donors (Lipinski definition) is 2. The lowest BCUT2D eigenvalue weighted by molar-refractivity contribution is 0.0698. The molecule has 2 rings (SSSR count). The molecule has 0 atom stereocenters. The summed E-state index contributed by atoms with van der Waals surface area (Å²) in [6.45, 7) is 0. The Balaban J connectivity index is 2.17. The van der Waals surface area contributed by atoms with E-state index in [0.29, 0.717) is 10.6 Å². The molecule has 0 saturated carbocycles. The maximum atomic E-state index is 12.1. The van der Waals surface area contributed by atoms with Gasteiger partial charge in [-0.3, -0.25) is 4.79 Å². The molecule has 104 valence electrons. The van der Waals surface area contributed by atoms with Crippen LogP contribution in [-0.4, -0.2) is 23.2 Å². The molecule has 1 aromatic heterocycles. The number of aromatic carboxylic acids is 1. The summed E-state index contributed by atoms with van der Waals surface area (Å²) in [5, 5.41) is 13.7. The SMILES string of the molecule is CSCc1cccc(C(=O)Nc2sccc2C(=O)O)c1. The van der Waals surface area contributed by atoms with E-state index in [2.05, 4.69) is 5.32 Å². The van der Waals surface area contributed by atoms with Crippen molar-refractivity contribution < 1.29 is 14.7 Å². The van der Waals surface area contributed by atoms with Crippen molar-refractivity contribution in [2.45, 2.75) is 5.75 Å². The maximum Gasteiger partial charge on any atom is 0.338 e. The van der Waals surface area contributed by atoms with E-state index >= 15 is 0 Å². The molecule has 0 radical (unpaired) electrons. The molecule has 0 spiro atoms. The standard InChI is InChI=1S/C14H13NO3S2/c1-19-8-9-3-2-4-10(7-9)12(16)15-13-11(14(17)18)5-6-20-13/h2-7H,8H2,1H3,(H,15,16)(H,17,18). The minimum absolute atomic E-state index is 0.114. The lowest BCUT2D eigenvalue weighted by Crippen LogP contribution is -2.13. The van der Waals surface area contributed by atoms with Crippen LogP contribution in [0.5, 0.6) is 0 Å². The Morgan fingerprint density at radius 3 is 2.85 bits per heavy atom. The topological polar surface area (TPSA) is 66.4 Å². The van der Waals surface area contributed by atoms with Crippen molar-refractivity contribution in [3.63, 3.8) is 0 Å². The zero-order chi connectivity index (χ0) is 14.5. The Kier molecular flexibility index (Phi) is 4.81. The molecule has 0 aliphatic rings. The predicted molar refractivity (Wildman–Crippen MR) is 82.9 cm³/mol. The van der Waals surface area contributed by atoms with Crippen molar-refractivity contribution in [2.24, 2.45) is 0 Å². The van der Waals surface area contributed by atoms with Gasteiger partial charge in [-0.05, 0) is 35.4 Å². The molecule has 0 aliphatic heterocycles. The van der Waals surface area contributed by atoms with E-state index in [4.69, 9.17) is 5.11 Å². The molecule has 0 saturated heterocycles. The zero-order valence-electron chi connectivity index (χ0n) is 10.8. The summed E-state index contributed by atoms with van der Waals surface area (Å²) < 4.78 is 0. The van der Waals surface area contributed by atoms with Crippen LogP contribution in [0.4, 0.5) is 5.00 Å². The van der Waals surface area contributed by atoms with Gasteiger partial charge in [-0.25, -0.2) is 4.79 Å². The lowest BCUT2D eigenvalue weighted by Gasteiger charge is -2.06. The van der Waals surface area contributed by atoms with Gasteiger partial charge in [-0.15, -0.1) is 11.3 Å². The number of carboxylic acids is 1. The van der Waals surface area contributed by atoms with Crippen LogP contribution in [0.2, 0.25) is 0 Å². The molecule has 2 N–H and O–H groups in total. The van der Waals surface area contributed by atoms with Crippen LogP contribution in [0.3, 0.4) is 0 Å². The number of hydrogen-bond acceptors (Lipinski definition) is 4. The molecule has 1 heterocycles. The van der Waals surface area contributed by atoms with Crippen LogP contribution in [0, 0.1) is 0 Å². The number of carbonyl (C=O) groups excluding carboxylic acids is 1. The summed E-state index contributed by atoms with van der Waals surface area (Å²) in [5.74, 6) is -0.504. The summed E-state index contributed by atoms with van der Waals surface area (Å²) in [7, 11) is 0. The number of benzene rings is 1. The number of rotatable bonds is 5. The third kappa shape index (κ3) is 3.40. The zero-order valence-corrected chi connectivity index (χ0v) is 12.4. The van der Waals surface area contributed by atoms with Gasteiger partial charge in [0.25, 0.3) is 5.91 Å². The van der Waals surface area contributed by atoms with E-state index in [9.17, 15) is 9.59 Å². The van der Waals surface area contributed by atoms with Crippen LogP contribution in [0.1, 0.15) is 26.3 Å². The van der Waals surface area contributed by atoms with Crippen LogP contribution >= 0.6 is 23.1 Å². The Labute approximate surface area is 124 Å². The van der Waals surface area contributed by atoms with E-state index in [0.717, 1.165) is 11.3 Å². The fraction of sp³-hybridized carbons (Fsp3) is 0.143. The minimum Gasteiger partial charge on any atom is -0.478 e. The second-order valence-corrected chi connectivity index (χ2v) is 5.84. The van der Waals surface area contributed by atoms with Gasteiger partial charge in [0.1, 0.15) is 5.00 Å². The van der Waals surface area contributed by atoms with Crippen LogP contribution in [0.25, 0.3) is 0 Å². The van der Waals surface area contributed by atoms with Gasteiger partial charge in [0, 0.05) is 11.3 Å². The average molecular weight is 307 g/mol. The Morgan fingerprint density at radius 1 is 1.35 bits per heavy atom. The normalized spacial score (nSPS) is 10.2. The van der Waals surface area contributed by atoms with Crippen molar-refractivity contribution in [3.05, 3.63) is 52.4 Å². The smallest absolute Gasteiger partial charge is 0.338 e. The molecule has 20 heavy (non-hydrogen) atoms. The number of nitrogens with one attached hydrogen (secondary N) is 1. The fourth-order valence-corrected chi connectivity index (χ4v) is 3.01. The third-order valence-electron chi connectivity index (χ3n) is 2.62. The van der Waals surface area contributed by atoms with Crippen molar-refractivity contribution >= 4 is 40.0 Å². The Hall–Kier alpha value is -1.79. The molecule has 0 unspecified atom stereocenters. The van der Waals surface area contributed by atoms with Crippen molar-refractivity contribution in [1.29, 1.82) is 0 Å². The lowest BCUT2D eigenvalue weighted by atomic mass is 10.1. The molecule has 4 nitrogen and oxygen atoms in total. The number of anilines is 1. The second kappa shape index (κ2) is 6.58. The van der Waals surface area contributed by atoms with Crippen LogP contribution < -0.4 is 5.32 Å². The van der Waals surface area contributed by atoms with E-state index < -0.39 is 5.97 Å². The van der Waals surface area contributed by atoms with Crippen molar-refractivity contribution in [2.75, 3.05) is 11.6 Å². The molecular formula is C14H13NO3S2. The number of thioether (sulfide) groups is 1. The van der Waals surface area contributed by atoms with Gasteiger partial charge in [-0.2, -0.15) is 11.8 Å². The number of carbonyl (C=O) groups is 2. The molecule has 2 aromatic rings. The minimum atomic E-state index is -1.04. The van der Waals surface area contributed by atoms with Gasteiger partial charge >= 0.3 is 5.97 Å². The number of carboxylic acid groups (broad SMARTS) is 1. The van der Waals surface area contributed by atoms with Gasteiger partial charge in [0.15, 0.2) is 0 Å². The highest BCUT2D eigenvalue weighted by molar-refractivity contribution is 7.97. The van der Waals surface area contributed by atoms with Crippen molar-refractivity contribution in [3.8, 4) is 0 Å². The summed E-state index contributed by atoms with van der Waals surface area (Å²) in [4.78, 5) is 23.1. The summed E-state index contributed by atoms with van der Waals surface area (Å²) >= 11 is 2.88. The first-order chi connectivity index (χ1) is 9.61. The van der Waals surface area contributed by atoms with E-state index in [1.807, 2.05) is 24.5 Å². The maximum absolute atomic E-state index is 12.1. The molecule has 6 heteroatoms. The fourth-order valence-electron chi connectivity index (χ4n) is 1.72. The highest BCUT2D eigenvalue weighted by atomic mass is 32.2. The summed E-state index contributed by atoms with van der Waals surface area (Å²) in [6.07, 6.45) is 2.00. The van der Waals surface area contributed by atoms with Crippen LogP contribution in [-0.2, 0) is 5.75 Å². The average Bonchev–Trinajstić information content (AvgIpc) is 2.88. The van der Waals surface area contributed by atoms with Crippen molar-refractivity contribution in [1.82, 2.24) is 0 Å². The van der Waals surface area contributed by atoms with Gasteiger partial charge < -0.3 is 10.4 Å². The molecule has 0 aliphatic carbocycles. The second-order valence-electron chi connectivity index (χ2n) is 4.06. The highest BCUT2D eigenvalue weighted by Gasteiger charge is 2.15. The van der Waals surface area contributed by atoms with Gasteiger partial charge in [0.2, 0.25) is 0 Å². The first kappa shape index (κ1) is 14.6. The van der Waals surface area contributed by atoms with E-state index in [1.165, 1.54) is 17.4 Å². The van der Waals surface area contributed by atoms with Gasteiger partial charge in [0.05, 0.1) is 5.56 Å². The molecule has 0 fully saturated rings. The van der Waals surface area contributed by atoms with Crippen LogP contribution in [0.15, 0.2) is 35.7 Å². The molecule has 1 aromatic carbocycles. The first-order valence-electron chi connectivity index (χ1n) is 5.82. The number of thiophene rings is 1. The third-order valence-corrected chi connectivity index (χ3v) is 4.07.